The minimum atomic E-state index is 0.554. The zero-order chi connectivity index (χ0) is 13.7. The molecule has 1 aromatic heterocycles. The minimum Gasteiger partial charge on any atom is -0.338 e. The number of hydrogen-bond acceptors (Lipinski definition) is 5. The molecule has 1 unspecified atom stereocenters. The molecule has 0 bridgehead atoms. The Labute approximate surface area is 115 Å². The third kappa shape index (κ3) is 3.41. The zero-order valence-electron chi connectivity index (χ0n) is 12.3. The molecule has 1 atom stereocenters. The van der Waals surface area contributed by atoms with Gasteiger partial charge in [0.15, 0.2) is 0 Å². The molecular weight excluding hydrogens is 238 g/mol. The van der Waals surface area contributed by atoms with E-state index in [1.807, 2.05) is 0 Å². The monoisotopic (exact) mass is 263 g/mol. The van der Waals surface area contributed by atoms with Crippen LogP contribution in [-0.2, 0) is 12.8 Å². The second-order valence-corrected chi connectivity index (χ2v) is 5.06. The van der Waals surface area contributed by atoms with Gasteiger partial charge in [0.05, 0.1) is 11.4 Å². The smallest absolute Gasteiger partial charge is 0.245 e. The van der Waals surface area contributed by atoms with Crippen LogP contribution in [0.1, 0.15) is 45.0 Å². The van der Waals surface area contributed by atoms with Gasteiger partial charge in [-0.1, -0.05) is 20.8 Å². The molecule has 0 spiro atoms. The van der Waals surface area contributed by atoms with Gasteiger partial charge in [-0.05, 0) is 32.2 Å². The number of nitrogens with zero attached hydrogens (tertiary/aromatic N) is 4. The van der Waals surface area contributed by atoms with E-state index in [9.17, 15) is 0 Å². The van der Waals surface area contributed by atoms with Gasteiger partial charge in [0, 0.05) is 19.1 Å². The van der Waals surface area contributed by atoms with Crippen molar-refractivity contribution < 1.29 is 0 Å². The Hall–Kier alpha value is -1.23. The predicted molar refractivity (Wildman–Crippen MR) is 77.5 cm³/mol. The normalized spacial score (nSPS) is 19.7. The van der Waals surface area contributed by atoms with Gasteiger partial charge in [-0.2, -0.15) is 5.10 Å². The van der Waals surface area contributed by atoms with E-state index < -0.39 is 0 Å². The van der Waals surface area contributed by atoms with E-state index in [-0.39, 0.29) is 0 Å². The van der Waals surface area contributed by atoms with Gasteiger partial charge in [0.2, 0.25) is 5.95 Å². The molecule has 1 aliphatic heterocycles. The standard InChI is InChI=1S/C14H25N5/c1-4-12-13(5-2)17-18-14(16-12)19-9-7-8-11(10-19)15-6-3/h11,15H,4-10H2,1-3H3. The van der Waals surface area contributed by atoms with E-state index in [4.69, 9.17) is 4.98 Å². The van der Waals surface area contributed by atoms with Gasteiger partial charge < -0.3 is 10.2 Å². The summed E-state index contributed by atoms with van der Waals surface area (Å²) in [7, 11) is 0. The molecule has 2 heterocycles. The van der Waals surface area contributed by atoms with Crippen molar-refractivity contribution in [2.75, 3.05) is 24.5 Å². The molecule has 1 aromatic rings. The van der Waals surface area contributed by atoms with Gasteiger partial charge >= 0.3 is 0 Å². The number of likely N-dealkylation sites (N-methyl/N-ethyl adjacent to an activating group) is 1. The average Bonchev–Trinajstić information content (AvgIpc) is 2.47. The van der Waals surface area contributed by atoms with Gasteiger partial charge in [0.1, 0.15) is 0 Å². The van der Waals surface area contributed by atoms with Crippen molar-refractivity contribution in [2.45, 2.75) is 52.5 Å². The molecular formula is C14H25N5. The van der Waals surface area contributed by atoms with Crippen LogP contribution in [0, 0.1) is 0 Å². The maximum atomic E-state index is 4.70. The highest BCUT2D eigenvalue weighted by atomic mass is 15.3. The first-order valence-electron chi connectivity index (χ1n) is 7.49. The molecule has 0 saturated carbocycles. The molecule has 2 rings (SSSR count). The Bertz CT molecular complexity index is 405. The van der Waals surface area contributed by atoms with E-state index in [1.54, 1.807) is 0 Å². The zero-order valence-corrected chi connectivity index (χ0v) is 12.3. The van der Waals surface area contributed by atoms with E-state index in [0.717, 1.165) is 49.8 Å². The Morgan fingerprint density at radius 1 is 1.16 bits per heavy atom. The Kier molecular flexibility index (Phi) is 5.07. The first-order chi connectivity index (χ1) is 9.28. The van der Waals surface area contributed by atoms with Gasteiger partial charge in [-0.15, -0.1) is 5.10 Å². The number of nitrogens with one attached hydrogen (secondary N) is 1. The molecule has 106 valence electrons. The lowest BCUT2D eigenvalue weighted by atomic mass is 10.1. The number of rotatable bonds is 5. The lowest BCUT2D eigenvalue weighted by Crippen LogP contribution is -2.46. The first kappa shape index (κ1) is 14.2. The summed E-state index contributed by atoms with van der Waals surface area (Å²) in [5.41, 5.74) is 2.13. The fourth-order valence-electron chi connectivity index (χ4n) is 2.68. The average molecular weight is 263 g/mol. The van der Waals surface area contributed by atoms with Crippen LogP contribution in [0.25, 0.3) is 0 Å². The summed E-state index contributed by atoms with van der Waals surface area (Å²) in [5, 5.41) is 12.2. The summed E-state index contributed by atoms with van der Waals surface area (Å²) in [6, 6.07) is 0.554. The SMILES string of the molecule is CCNC1CCCN(c2nnc(CC)c(CC)n2)C1. The van der Waals surface area contributed by atoms with Crippen molar-refractivity contribution in [1.29, 1.82) is 0 Å². The number of aryl methyl sites for hydroxylation is 2. The molecule has 0 aliphatic carbocycles. The summed E-state index contributed by atoms with van der Waals surface area (Å²) < 4.78 is 0. The lowest BCUT2D eigenvalue weighted by molar-refractivity contribution is 0.426. The predicted octanol–water partition coefficient (Wildman–Crippen LogP) is 1.57. The van der Waals surface area contributed by atoms with E-state index >= 15 is 0 Å². The molecule has 0 amide bonds. The highest BCUT2D eigenvalue weighted by Gasteiger charge is 2.21. The molecule has 5 nitrogen and oxygen atoms in total. The first-order valence-corrected chi connectivity index (χ1v) is 7.49. The summed E-state index contributed by atoms with van der Waals surface area (Å²) >= 11 is 0. The van der Waals surface area contributed by atoms with Crippen LogP contribution in [0.15, 0.2) is 0 Å². The van der Waals surface area contributed by atoms with Crippen LogP contribution in [0.3, 0.4) is 0 Å². The van der Waals surface area contributed by atoms with Crippen LogP contribution >= 0.6 is 0 Å². The topological polar surface area (TPSA) is 53.9 Å². The van der Waals surface area contributed by atoms with Crippen LogP contribution < -0.4 is 10.2 Å². The van der Waals surface area contributed by atoms with Crippen molar-refractivity contribution >= 4 is 5.95 Å². The second kappa shape index (κ2) is 6.80. The Balaban J connectivity index is 2.12. The van der Waals surface area contributed by atoms with Crippen LogP contribution in [0.2, 0.25) is 0 Å². The van der Waals surface area contributed by atoms with E-state index in [0.29, 0.717) is 6.04 Å². The molecule has 1 fully saturated rings. The third-order valence-electron chi connectivity index (χ3n) is 3.70. The second-order valence-electron chi connectivity index (χ2n) is 5.06. The molecule has 0 aromatic carbocycles. The van der Waals surface area contributed by atoms with Crippen molar-refractivity contribution in [3.05, 3.63) is 11.4 Å². The fourth-order valence-corrected chi connectivity index (χ4v) is 2.68. The maximum Gasteiger partial charge on any atom is 0.245 e. The summed E-state index contributed by atoms with van der Waals surface area (Å²) in [5.74, 6) is 0.802. The molecule has 5 heteroatoms. The van der Waals surface area contributed by atoms with Gasteiger partial charge in [-0.3, -0.25) is 0 Å². The quantitative estimate of drug-likeness (QED) is 0.874. The molecule has 1 N–H and O–H groups in total. The minimum absolute atomic E-state index is 0.554. The van der Waals surface area contributed by atoms with E-state index in [2.05, 4.69) is 41.2 Å². The fraction of sp³-hybridized carbons (Fsp3) is 0.786. The highest BCUT2D eigenvalue weighted by molar-refractivity contribution is 5.31. The number of piperidine rings is 1. The number of hydrogen-bond donors (Lipinski definition) is 1. The molecule has 0 radical (unpaired) electrons. The number of anilines is 1. The van der Waals surface area contributed by atoms with Crippen molar-refractivity contribution in [3.8, 4) is 0 Å². The number of aromatic nitrogens is 3. The van der Waals surface area contributed by atoms with E-state index in [1.165, 1.54) is 12.8 Å². The molecule has 1 aliphatic rings. The largest absolute Gasteiger partial charge is 0.338 e. The summed E-state index contributed by atoms with van der Waals surface area (Å²) in [6.07, 6.45) is 4.27. The molecule has 1 saturated heterocycles. The van der Waals surface area contributed by atoms with Crippen molar-refractivity contribution in [3.63, 3.8) is 0 Å². The van der Waals surface area contributed by atoms with Crippen molar-refractivity contribution in [1.82, 2.24) is 20.5 Å². The van der Waals surface area contributed by atoms with Crippen LogP contribution in [0.4, 0.5) is 5.95 Å². The third-order valence-corrected chi connectivity index (χ3v) is 3.70. The molecule has 19 heavy (non-hydrogen) atoms. The lowest BCUT2D eigenvalue weighted by Gasteiger charge is -2.33. The maximum absolute atomic E-state index is 4.70. The Morgan fingerprint density at radius 2 is 1.95 bits per heavy atom. The summed E-state index contributed by atoms with van der Waals surface area (Å²) in [4.78, 5) is 6.97. The highest BCUT2D eigenvalue weighted by Crippen LogP contribution is 2.17. The summed E-state index contributed by atoms with van der Waals surface area (Å²) in [6.45, 7) is 9.44. The van der Waals surface area contributed by atoms with Crippen LogP contribution in [-0.4, -0.2) is 40.9 Å². The van der Waals surface area contributed by atoms with Crippen LogP contribution in [0.5, 0.6) is 0 Å². The van der Waals surface area contributed by atoms with Crippen molar-refractivity contribution in [2.24, 2.45) is 0 Å². The Morgan fingerprint density at radius 3 is 2.63 bits per heavy atom. The van der Waals surface area contributed by atoms with Gasteiger partial charge in [-0.25, -0.2) is 4.98 Å². The van der Waals surface area contributed by atoms with Gasteiger partial charge in [0.25, 0.3) is 0 Å².